The fourth-order valence-corrected chi connectivity index (χ4v) is 3.98. The fourth-order valence-electron chi connectivity index (χ4n) is 2.34. The number of benzene rings is 1. The number of piperidine rings is 1. The van der Waals surface area contributed by atoms with Gasteiger partial charge in [0.05, 0.1) is 23.6 Å². The van der Waals surface area contributed by atoms with Crippen molar-refractivity contribution in [2.24, 2.45) is 0 Å². The Bertz CT molecular complexity index is 526. The topological polar surface area (TPSA) is 77.8 Å². The number of rotatable bonds is 3. The van der Waals surface area contributed by atoms with Crippen molar-refractivity contribution >= 4 is 10.0 Å². The molecule has 0 bridgehead atoms. The van der Waals surface area contributed by atoms with E-state index >= 15 is 0 Å². The van der Waals surface area contributed by atoms with Crippen molar-refractivity contribution in [3.8, 4) is 0 Å². The van der Waals surface area contributed by atoms with Gasteiger partial charge in [-0.1, -0.05) is 17.7 Å². The third-order valence-electron chi connectivity index (χ3n) is 3.47. The summed E-state index contributed by atoms with van der Waals surface area (Å²) >= 11 is 0. The van der Waals surface area contributed by atoms with E-state index in [0.717, 1.165) is 5.56 Å². The largest absolute Gasteiger partial charge is 0.395 e. The van der Waals surface area contributed by atoms with Crippen molar-refractivity contribution in [3.63, 3.8) is 0 Å². The van der Waals surface area contributed by atoms with E-state index < -0.39 is 22.2 Å². The average Bonchev–Trinajstić information content (AvgIpc) is 2.38. The van der Waals surface area contributed by atoms with Gasteiger partial charge in [-0.05, 0) is 31.9 Å². The van der Waals surface area contributed by atoms with Gasteiger partial charge < -0.3 is 10.2 Å². The Kier molecular flexibility index (Phi) is 4.25. The molecule has 1 saturated heterocycles. The molecule has 0 aliphatic carbocycles. The van der Waals surface area contributed by atoms with E-state index in [1.165, 1.54) is 4.31 Å². The van der Waals surface area contributed by atoms with Crippen LogP contribution in [0.3, 0.4) is 0 Å². The lowest BCUT2D eigenvalue weighted by molar-refractivity contribution is 0.0565. The van der Waals surface area contributed by atoms with Crippen LogP contribution >= 0.6 is 0 Å². The molecule has 1 fully saturated rings. The highest BCUT2D eigenvalue weighted by molar-refractivity contribution is 7.89. The van der Waals surface area contributed by atoms with E-state index in [-0.39, 0.29) is 24.5 Å². The van der Waals surface area contributed by atoms with Gasteiger partial charge in [0.2, 0.25) is 10.0 Å². The molecule has 1 aliphatic rings. The summed E-state index contributed by atoms with van der Waals surface area (Å²) in [6.45, 7) is 1.86. The van der Waals surface area contributed by atoms with E-state index in [9.17, 15) is 18.6 Å². The fraction of sp³-hybridized carbons (Fsp3) is 0.538. The maximum Gasteiger partial charge on any atom is 0.243 e. The molecule has 1 aliphatic heterocycles. The number of aryl methyl sites for hydroxylation is 1. The molecule has 106 valence electrons. The highest BCUT2D eigenvalue weighted by Gasteiger charge is 2.35. The van der Waals surface area contributed by atoms with Gasteiger partial charge in [-0.25, -0.2) is 8.42 Å². The van der Waals surface area contributed by atoms with Gasteiger partial charge in [0.25, 0.3) is 0 Å². The van der Waals surface area contributed by atoms with Crippen LogP contribution in [0, 0.1) is 6.92 Å². The number of aliphatic hydroxyl groups excluding tert-OH is 2. The van der Waals surface area contributed by atoms with Crippen LogP contribution in [0.2, 0.25) is 0 Å². The lowest BCUT2D eigenvalue weighted by Crippen LogP contribution is -2.49. The van der Waals surface area contributed by atoms with E-state index in [1.807, 2.05) is 6.92 Å². The van der Waals surface area contributed by atoms with Crippen LogP contribution in [0.25, 0.3) is 0 Å². The third-order valence-corrected chi connectivity index (χ3v) is 5.44. The summed E-state index contributed by atoms with van der Waals surface area (Å²) in [6, 6.07) is 6.10. The lowest BCUT2D eigenvalue weighted by Gasteiger charge is -2.35. The summed E-state index contributed by atoms with van der Waals surface area (Å²) in [4.78, 5) is 0.230. The Hall–Kier alpha value is -0.950. The summed E-state index contributed by atoms with van der Waals surface area (Å²) in [7, 11) is -3.60. The molecular weight excluding hydrogens is 266 g/mol. The first kappa shape index (κ1) is 14.5. The van der Waals surface area contributed by atoms with E-state index in [0.29, 0.717) is 6.42 Å². The molecular formula is C13H19NO4S. The highest BCUT2D eigenvalue weighted by atomic mass is 32.2. The summed E-state index contributed by atoms with van der Waals surface area (Å²) < 4.78 is 26.3. The molecule has 5 nitrogen and oxygen atoms in total. The number of hydrogen-bond donors (Lipinski definition) is 2. The molecule has 1 heterocycles. The minimum Gasteiger partial charge on any atom is -0.395 e. The minimum absolute atomic E-state index is 0.230. The Balaban J connectivity index is 2.30. The SMILES string of the molecule is Cc1ccc(S(=O)(=O)N2CC[C@@H](O)C[C@@H]2CO)cc1. The lowest BCUT2D eigenvalue weighted by atomic mass is 10.0. The average molecular weight is 285 g/mol. The smallest absolute Gasteiger partial charge is 0.243 e. The zero-order chi connectivity index (χ0) is 14.0. The second kappa shape index (κ2) is 5.58. The third kappa shape index (κ3) is 2.97. The molecule has 1 aromatic carbocycles. The van der Waals surface area contributed by atoms with Crippen LogP contribution in [0.15, 0.2) is 29.2 Å². The first-order valence-corrected chi connectivity index (χ1v) is 7.76. The Morgan fingerprint density at radius 3 is 2.53 bits per heavy atom. The predicted molar refractivity (Wildman–Crippen MR) is 71.2 cm³/mol. The molecule has 1 aromatic rings. The van der Waals surface area contributed by atoms with Gasteiger partial charge in [-0.2, -0.15) is 4.31 Å². The quantitative estimate of drug-likeness (QED) is 0.848. The highest BCUT2D eigenvalue weighted by Crippen LogP contribution is 2.25. The van der Waals surface area contributed by atoms with Gasteiger partial charge in [-0.15, -0.1) is 0 Å². The first-order valence-electron chi connectivity index (χ1n) is 6.32. The van der Waals surface area contributed by atoms with Crippen molar-refractivity contribution in [2.75, 3.05) is 13.2 Å². The van der Waals surface area contributed by atoms with Gasteiger partial charge in [0.15, 0.2) is 0 Å². The summed E-state index contributed by atoms with van der Waals surface area (Å²) in [5, 5.41) is 18.9. The molecule has 6 heteroatoms. The van der Waals surface area contributed by atoms with Gasteiger partial charge >= 0.3 is 0 Å². The van der Waals surface area contributed by atoms with E-state index in [4.69, 9.17) is 0 Å². The zero-order valence-corrected chi connectivity index (χ0v) is 11.7. The number of aliphatic hydroxyl groups is 2. The Morgan fingerprint density at radius 2 is 1.95 bits per heavy atom. The standard InChI is InChI=1S/C13H19NO4S/c1-10-2-4-13(5-3-10)19(17,18)14-7-6-12(16)8-11(14)9-15/h2-5,11-12,15-16H,6-9H2,1H3/t11-,12-/m1/s1. The van der Waals surface area contributed by atoms with Crippen molar-refractivity contribution in [1.29, 1.82) is 0 Å². The van der Waals surface area contributed by atoms with Gasteiger partial charge in [-0.3, -0.25) is 0 Å². The van der Waals surface area contributed by atoms with Crippen LogP contribution < -0.4 is 0 Å². The summed E-state index contributed by atoms with van der Waals surface area (Å²) in [5.74, 6) is 0. The Labute approximate surface area is 113 Å². The molecule has 0 aromatic heterocycles. The van der Waals surface area contributed by atoms with Gasteiger partial charge in [0.1, 0.15) is 0 Å². The Morgan fingerprint density at radius 1 is 1.32 bits per heavy atom. The number of sulfonamides is 1. The molecule has 0 amide bonds. The molecule has 2 N–H and O–H groups in total. The maximum absolute atomic E-state index is 12.5. The van der Waals surface area contributed by atoms with Crippen LogP contribution in [0.1, 0.15) is 18.4 Å². The molecule has 0 radical (unpaired) electrons. The monoisotopic (exact) mass is 285 g/mol. The van der Waals surface area contributed by atoms with Crippen molar-refractivity contribution in [1.82, 2.24) is 4.31 Å². The van der Waals surface area contributed by atoms with Crippen LogP contribution in [0.5, 0.6) is 0 Å². The second-order valence-corrected chi connectivity index (χ2v) is 6.83. The molecule has 0 spiro atoms. The van der Waals surface area contributed by atoms with Crippen molar-refractivity contribution in [3.05, 3.63) is 29.8 Å². The minimum atomic E-state index is -3.60. The normalized spacial score (nSPS) is 25.4. The molecule has 0 unspecified atom stereocenters. The van der Waals surface area contributed by atoms with E-state index in [2.05, 4.69) is 0 Å². The van der Waals surface area contributed by atoms with Crippen molar-refractivity contribution < 1.29 is 18.6 Å². The number of hydrogen-bond acceptors (Lipinski definition) is 4. The molecule has 2 atom stereocenters. The van der Waals surface area contributed by atoms with E-state index in [1.54, 1.807) is 24.3 Å². The predicted octanol–water partition coefficient (Wildman–Crippen LogP) is 0.501. The maximum atomic E-state index is 12.5. The molecule has 0 saturated carbocycles. The summed E-state index contributed by atoms with van der Waals surface area (Å²) in [5.41, 5.74) is 0.992. The van der Waals surface area contributed by atoms with Crippen LogP contribution in [-0.4, -0.2) is 48.2 Å². The summed E-state index contributed by atoms with van der Waals surface area (Å²) in [6.07, 6.45) is 0.144. The second-order valence-electron chi connectivity index (χ2n) is 4.94. The zero-order valence-electron chi connectivity index (χ0n) is 10.9. The van der Waals surface area contributed by atoms with Gasteiger partial charge in [0, 0.05) is 6.54 Å². The number of nitrogens with zero attached hydrogens (tertiary/aromatic N) is 1. The first-order chi connectivity index (χ1) is 8.95. The van der Waals surface area contributed by atoms with Crippen LogP contribution in [-0.2, 0) is 10.0 Å². The molecule has 19 heavy (non-hydrogen) atoms. The van der Waals surface area contributed by atoms with Crippen molar-refractivity contribution in [2.45, 2.75) is 36.8 Å². The van der Waals surface area contributed by atoms with Crippen LogP contribution in [0.4, 0.5) is 0 Å². The molecule has 2 rings (SSSR count).